The molecule has 0 spiro atoms. The number of unbranched alkanes of at least 4 members (excludes halogenated alkanes) is 3. The van der Waals surface area contributed by atoms with Crippen LogP contribution >= 0.6 is 0 Å². The molecule has 1 aliphatic heterocycles. The third kappa shape index (κ3) is 11.8. The van der Waals surface area contributed by atoms with Crippen molar-refractivity contribution < 1.29 is 24.2 Å². The number of nitrogens with zero attached hydrogens (tertiary/aromatic N) is 1. The minimum Gasteiger partial charge on any atom is -0.397 e. The molecular weight excluding hydrogens is 701 g/mol. The predicted molar refractivity (Wildman–Crippen MR) is 222 cm³/mol. The monoisotopic (exact) mass is 754 g/mol. The van der Waals surface area contributed by atoms with E-state index >= 15 is 0 Å². The average Bonchev–Trinajstić information content (AvgIpc) is 3.22. The number of nitrogens with two attached hydrogens (primary N) is 1. The molecule has 5 N–H and O–H groups in total. The van der Waals surface area contributed by atoms with E-state index in [4.69, 9.17) is 15.2 Å². The fraction of sp³-hybridized carbons (Fsp3) is 0.319. The van der Waals surface area contributed by atoms with Gasteiger partial charge in [-0.3, -0.25) is 14.5 Å². The van der Waals surface area contributed by atoms with Crippen molar-refractivity contribution in [3.05, 3.63) is 155 Å². The van der Waals surface area contributed by atoms with E-state index in [0.29, 0.717) is 30.8 Å². The molecule has 3 atom stereocenters. The van der Waals surface area contributed by atoms with Gasteiger partial charge in [-0.15, -0.1) is 0 Å². The number of anilines is 2. The van der Waals surface area contributed by atoms with Crippen molar-refractivity contribution in [1.82, 2.24) is 10.2 Å². The van der Waals surface area contributed by atoms with Crippen LogP contribution in [0.1, 0.15) is 85.2 Å². The van der Waals surface area contributed by atoms with Crippen LogP contribution < -0.4 is 16.4 Å². The largest absolute Gasteiger partial charge is 0.397 e. The number of nitrogens with one attached hydrogen (secondary N) is 2. The van der Waals surface area contributed by atoms with Gasteiger partial charge in [-0.05, 0) is 65.4 Å². The summed E-state index contributed by atoms with van der Waals surface area (Å²) in [6, 6.07) is 42.1. The second-order valence-corrected chi connectivity index (χ2v) is 14.6. The van der Waals surface area contributed by atoms with Gasteiger partial charge in [-0.2, -0.15) is 0 Å². The van der Waals surface area contributed by atoms with Crippen LogP contribution in [-0.4, -0.2) is 41.5 Å². The molecule has 1 heterocycles. The number of ether oxygens (including phenoxy) is 2. The lowest BCUT2D eigenvalue weighted by Crippen LogP contribution is -2.37. The molecule has 0 radical (unpaired) electrons. The van der Waals surface area contributed by atoms with Gasteiger partial charge in [-0.25, -0.2) is 0 Å². The minimum absolute atomic E-state index is 0.00322. The average molecular weight is 755 g/mol. The highest BCUT2D eigenvalue weighted by Gasteiger charge is 2.33. The highest BCUT2D eigenvalue weighted by Crippen LogP contribution is 2.39. The fourth-order valence-corrected chi connectivity index (χ4v) is 7.15. The second kappa shape index (κ2) is 20.6. The van der Waals surface area contributed by atoms with E-state index in [1.807, 2.05) is 60.7 Å². The van der Waals surface area contributed by atoms with E-state index < -0.39 is 6.29 Å². The highest BCUT2D eigenvalue weighted by molar-refractivity contribution is 5.93. The summed E-state index contributed by atoms with van der Waals surface area (Å²) in [5, 5.41) is 15.6. The number of likely N-dealkylation sites (N-methyl/N-ethyl adjacent to an activating group) is 1. The van der Waals surface area contributed by atoms with Crippen LogP contribution in [0, 0.1) is 0 Å². The van der Waals surface area contributed by atoms with Crippen molar-refractivity contribution in [2.75, 3.05) is 24.6 Å². The van der Waals surface area contributed by atoms with Crippen LogP contribution in [0.5, 0.6) is 0 Å². The molecule has 1 saturated heterocycles. The van der Waals surface area contributed by atoms with Gasteiger partial charge in [0.25, 0.3) is 0 Å². The minimum atomic E-state index is -0.546. The molecule has 3 unspecified atom stereocenters. The van der Waals surface area contributed by atoms with Gasteiger partial charge in [-0.1, -0.05) is 128 Å². The molecule has 9 nitrogen and oxygen atoms in total. The Bertz CT molecular complexity index is 1990. The number of benzene rings is 5. The Morgan fingerprint density at radius 1 is 0.732 bits per heavy atom. The van der Waals surface area contributed by atoms with E-state index in [0.717, 1.165) is 78.6 Å². The first kappa shape index (κ1) is 40.3. The van der Waals surface area contributed by atoms with E-state index in [-0.39, 0.29) is 30.6 Å². The van der Waals surface area contributed by atoms with Crippen LogP contribution in [0.2, 0.25) is 0 Å². The Kier molecular flexibility index (Phi) is 14.8. The van der Waals surface area contributed by atoms with Crippen molar-refractivity contribution in [1.29, 1.82) is 0 Å². The number of aliphatic hydroxyl groups is 1. The number of carbonyl (C=O) groups is 2. The number of para-hydroxylation sites is 2. The Morgan fingerprint density at radius 2 is 1.39 bits per heavy atom. The molecule has 5 aromatic rings. The summed E-state index contributed by atoms with van der Waals surface area (Å²) in [6.45, 7) is 2.01. The first-order chi connectivity index (χ1) is 27.3. The molecule has 0 aromatic heterocycles. The molecule has 0 saturated carbocycles. The van der Waals surface area contributed by atoms with Crippen molar-refractivity contribution in [3.63, 3.8) is 0 Å². The van der Waals surface area contributed by atoms with E-state index in [1.165, 1.54) is 5.56 Å². The Hall–Kier alpha value is -5.32. The summed E-state index contributed by atoms with van der Waals surface area (Å²) >= 11 is 0. The number of hydrogen-bond acceptors (Lipinski definition) is 7. The number of hydrogen-bond donors (Lipinski definition) is 4. The lowest BCUT2D eigenvalue weighted by atomic mass is 9.97. The zero-order valence-electron chi connectivity index (χ0n) is 32.2. The fourth-order valence-electron chi connectivity index (χ4n) is 7.15. The van der Waals surface area contributed by atoms with Gasteiger partial charge in [0.15, 0.2) is 6.29 Å². The molecule has 5 aromatic carbocycles. The SMILES string of the molecule is CN(Cc1ccccc1)CC1CC(c2ccc(CO)cc2)OC(c2ccc(-c3ccccc3CNC(=O)CCCCCCC(=O)Nc3ccccc3N)cc2)O1. The van der Waals surface area contributed by atoms with Crippen molar-refractivity contribution in [2.45, 2.75) is 83.1 Å². The third-order valence-electron chi connectivity index (χ3n) is 10.2. The molecule has 1 fully saturated rings. The van der Waals surface area contributed by atoms with Gasteiger partial charge >= 0.3 is 0 Å². The topological polar surface area (TPSA) is 126 Å². The molecule has 292 valence electrons. The molecule has 56 heavy (non-hydrogen) atoms. The van der Waals surface area contributed by atoms with E-state index in [2.05, 4.69) is 77.2 Å². The van der Waals surface area contributed by atoms with Gasteiger partial charge in [0.2, 0.25) is 11.8 Å². The Labute approximate surface area is 330 Å². The molecular formula is C47H54N4O5. The van der Waals surface area contributed by atoms with E-state index in [1.54, 1.807) is 12.1 Å². The smallest absolute Gasteiger partial charge is 0.224 e. The van der Waals surface area contributed by atoms with Crippen molar-refractivity contribution >= 4 is 23.2 Å². The number of nitrogen functional groups attached to an aromatic ring is 1. The second-order valence-electron chi connectivity index (χ2n) is 14.6. The lowest BCUT2D eigenvalue weighted by molar-refractivity contribution is -0.252. The van der Waals surface area contributed by atoms with Crippen LogP contribution in [0.15, 0.2) is 127 Å². The van der Waals surface area contributed by atoms with Crippen LogP contribution in [0.4, 0.5) is 11.4 Å². The predicted octanol–water partition coefficient (Wildman–Crippen LogP) is 8.70. The maximum atomic E-state index is 12.8. The summed E-state index contributed by atoms with van der Waals surface area (Å²) in [7, 11) is 2.12. The maximum absolute atomic E-state index is 12.8. The number of carbonyl (C=O) groups excluding carboxylic acids is 2. The number of aliphatic hydroxyl groups excluding tert-OH is 1. The van der Waals surface area contributed by atoms with Gasteiger partial charge < -0.3 is 30.9 Å². The van der Waals surface area contributed by atoms with Crippen LogP contribution in [0.3, 0.4) is 0 Å². The lowest BCUT2D eigenvalue weighted by Gasteiger charge is -2.38. The van der Waals surface area contributed by atoms with Crippen molar-refractivity contribution in [2.24, 2.45) is 0 Å². The maximum Gasteiger partial charge on any atom is 0.224 e. The van der Waals surface area contributed by atoms with E-state index in [9.17, 15) is 14.7 Å². The molecule has 1 aliphatic rings. The summed E-state index contributed by atoms with van der Waals surface area (Å²) in [5.74, 6) is -0.0322. The summed E-state index contributed by atoms with van der Waals surface area (Å²) in [5.41, 5.74) is 14.4. The van der Waals surface area contributed by atoms with Crippen molar-refractivity contribution in [3.8, 4) is 11.1 Å². The summed E-state index contributed by atoms with van der Waals surface area (Å²) in [4.78, 5) is 27.3. The quantitative estimate of drug-likeness (QED) is 0.0521. The first-order valence-corrected chi connectivity index (χ1v) is 19.7. The van der Waals surface area contributed by atoms with Crippen LogP contribution in [-0.2, 0) is 38.8 Å². The number of rotatable bonds is 18. The molecule has 0 aliphatic carbocycles. The standard InChI is InChI=1S/C47H54N4O5/c1-51(31-34-13-5-4-6-14-34)32-40-29-44(37-23-21-35(33-52)22-24-37)56-47(55-40)38-27-25-36(26-28-38)41-16-10-9-15-39(41)30-49-45(53)19-7-2-3-8-20-46(54)50-43-18-12-11-17-42(43)48/h4-6,9-18,21-28,40,44,47,52H,2-3,7-8,19-20,29-33,48H2,1H3,(H,49,53)(H,50,54). The van der Waals surface area contributed by atoms with Gasteiger partial charge in [0.1, 0.15) is 0 Å². The first-order valence-electron chi connectivity index (χ1n) is 19.7. The van der Waals surface area contributed by atoms with Gasteiger partial charge in [0.05, 0.1) is 30.2 Å². The molecule has 9 heteroatoms. The third-order valence-corrected chi connectivity index (χ3v) is 10.2. The molecule has 2 amide bonds. The highest BCUT2D eigenvalue weighted by atomic mass is 16.7. The normalized spacial score (nSPS) is 16.7. The summed E-state index contributed by atoms with van der Waals surface area (Å²) in [6.07, 6.45) is 4.12. The zero-order valence-corrected chi connectivity index (χ0v) is 32.2. The molecule has 6 rings (SSSR count). The zero-order chi connectivity index (χ0) is 39.1. The number of amides is 2. The Morgan fingerprint density at radius 3 is 2.12 bits per heavy atom. The molecule has 0 bridgehead atoms. The van der Waals surface area contributed by atoms with Gasteiger partial charge in [0, 0.05) is 44.5 Å². The Balaban J connectivity index is 1.01. The summed E-state index contributed by atoms with van der Waals surface area (Å²) < 4.78 is 13.2. The van der Waals surface area contributed by atoms with Crippen LogP contribution in [0.25, 0.3) is 11.1 Å².